The second-order valence-corrected chi connectivity index (χ2v) is 4.17. The maximum absolute atomic E-state index is 8.04. The predicted molar refractivity (Wildman–Crippen MR) is 72.9 cm³/mol. The predicted octanol–water partition coefficient (Wildman–Crippen LogP) is 2.18. The Bertz CT molecular complexity index is 556. The molecule has 1 aliphatic rings. The molecule has 0 radical (unpaired) electrons. The number of hydrogen-bond acceptors (Lipinski definition) is 5. The maximum Gasteiger partial charge on any atom is 0.132 e. The summed E-state index contributed by atoms with van der Waals surface area (Å²) in [6.07, 6.45) is 5.88. The Morgan fingerprint density at radius 1 is 1.28 bits per heavy atom. The van der Waals surface area contributed by atoms with Gasteiger partial charge < -0.3 is 11.1 Å². The van der Waals surface area contributed by atoms with Gasteiger partial charge in [0.25, 0.3) is 0 Å². The first-order chi connectivity index (χ1) is 8.61. The largest absolute Gasteiger partial charge is 0.383 e. The molecule has 5 nitrogen and oxygen atoms in total. The Balaban J connectivity index is 2.30. The van der Waals surface area contributed by atoms with Crippen molar-refractivity contribution in [3.05, 3.63) is 35.5 Å². The Morgan fingerprint density at radius 2 is 2.06 bits per heavy atom. The van der Waals surface area contributed by atoms with E-state index in [0.29, 0.717) is 23.3 Å². The number of allylic oxidation sites excluding steroid dienone is 2. The van der Waals surface area contributed by atoms with Crippen molar-refractivity contribution in [1.82, 2.24) is 4.98 Å². The summed E-state index contributed by atoms with van der Waals surface area (Å²) >= 11 is 0. The highest BCUT2D eigenvalue weighted by atomic mass is 14.8. The number of nitrogens with two attached hydrogens (primary N) is 1. The molecule has 5 heteroatoms. The fraction of sp³-hybridized carbons (Fsp3) is 0.231. The van der Waals surface area contributed by atoms with Gasteiger partial charge in [0.05, 0.1) is 11.4 Å². The Hall–Kier alpha value is -2.30. The van der Waals surface area contributed by atoms with Gasteiger partial charge in [-0.3, -0.25) is 10.8 Å². The maximum atomic E-state index is 8.04. The first-order valence-electron chi connectivity index (χ1n) is 5.78. The van der Waals surface area contributed by atoms with Crippen LogP contribution in [0.15, 0.2) is 30.0 Å². The molecule has 2 rings (SSSR count). The van der Waals surface area contributed by atoms with E-state index in [0.717, 1.165) is 12.8 Å². The molecule has 0 aliphatic heterocycles. The van der Waals surface area contributed by atoms with Crippen LogP contribution in [0, 0.1) is 16.2 Å². The van der Waals surface area contributed by atoms with Crippen LogP contribution < -0.4 is 5.73 Å². The number of rotatable bonds is 3. The molecule has 1 aromatic rings. The summed E-state index contributed by atoms with van der Waals surface area (Å²) in [5.74, 6) is 0.246. The quantitative estimate of drug-likeness (QED) is 0.608. The first-order valence-corrected chi connectivity index (χ1v) is 5.78. The number of nitrogens with one attached hydrogen (secondary N) is 3. The second-order valence-electron chi connectivity index (χ2n) is 4.17. The van der Waals surface area contributed by atoms with E-state index in [9.17, 15) is 0 Å². The van der Waals surface area contributed by atoms with Gasteiger partial charge in [0.2, 0.25) is 0 Å². The highest BCUT2D eigenvalue weighted by Crippen LogP contribution is 2.18. The third kappa shape index (κ3) is 2.20. The molecule has 0 aromatic carbocycles. The van der Waals surface area contributed by atoms with Crippen LogP contribution in [0.5, 0.6) is 0 Å². The van der Waals surface area contributed by atoms with Crippen LogP contribution in [0.2, 0.25) is 0 Å². The molecule has 0 fully saturated rings. The summed E-state index contributed by atoms with van der Waals surface area (Å²) in [5.41, 5.74) is 7.21. The first kappa shape index (κ1) is 12.2. The van der Waals surface area contributed by atoms with Crippen molar-refractivity contribution in [3.8, 4) is 0 Å². The molecule has 0 unspecified atom stereocenters. The van der Waals surface area contributed by atoms with Crippen LogP contribution in [0.25, 0.3) is 0 Å². The highest BCUT2D eigenvalue weighted by Gasteiger charge is 2.20. The number of nitrogens with zero attached hydrogens (tertiary/aromatic N) is 1. The van der Waals surface area contributed by atoms with Crippen LogP contribution in [0.3, 0.4) is 0 Å². The van der Waals surface area contributed by atoms with Crippen molar-refractivity contribution in [3.63, 3.8) is 0 Å². The molecular formula is C13H15N5. The van der Waals surface area contributed by atoms with Gasteiger partial charge >= 0.3 is 0 Å². The van der Waals surface area contributed by atoms with Crippen molar-refractivity contribution in [2.24, 2.45) is 0 Å². The fourth-order valence-electron chi connectivity index (χ4n) is 1.93. The van der Waals surface area contributed by atoms with Crippen LogP contribution in [0.4, 0.5) is 5.82 Å². The Labute approximate surface area is 105 Å². The van der Waals surface area contributed by atoms with Crippen molar-refractivity contribution >= 4 is 23.0 Å². The Kier molecular flexibility index (Phi) is 3.32. The molecule has 18 heavy (non-hydrogen) atoms. The minimum atomic E-state index is 0.0264. The molecule has 0 bridgehead atoms. The monoisotopic (exact) mass is 241 g/mol. The zero-order chi connectivity index (χ0) is 13.1. The van der Waals surface area contributed by atoms with Gasteiger partial charge in [-0.05, 0) is 31.4 Å². The SMILES string of the molecule is N=C1CCCC=C1C(=N)C(=N)c1cccnc1N. The molecule has 92 valence electrons. The summed E-state index contributed by atoms with van der Waals surface area (Å²) in [6, 6.07) is 3.36. The van der Waals surface area contributed by atoms with E-state index in [1.54, 1.807) is 18.3 Å². The number of pyridine rings is 1. The van der Waals surface area contributed by atoms with E-state index >= 15 is 0 Å². The van der Waals surface area contributed by atoms with E-state index in [4.69, 9.17) is 22.0 Å². The van der Waals surface area contributed by atoms with Crippen LogP contribution >= 0.6 is 0 Å². The van der Waals surface area contributed by atoms with Crippen molar-refractivity contribution in [2.75, 3.05) is 5.73 Å². The molecule has 0 saturated heterocycles. The van der Waals surface area contributed by atoms with Crippen LogP contribution in [-0.2, 0) is 0 Å². The molecule has 1 heterocycles. The van der Waals surface area contributed by atoms with Gasteiger partial charge in [0.1, 0.15) is 5.82 Å². The molecule has 1 aliphatic carbocycles. The number of nitrogen functional groups attached to an aromatic ring is 1. The molecule has 0 spiro atoms. The van der Waals surface area contributed by atoms with Gasteiger partial charge in [0, 0.05) is 23.0 Å². The highest BCUT2D eigenvalue weighted by molar-refractivity contribution is 6.56. The lowest BCUT2D eigenvalue weighted by molar-refractivity contribution is 0.869. The standard InChI is InChI=1S/C13H15N5/c14-10-6-2-1-4-8(10)11(15)12(16)9-5-3-7-18-13(9)17/h3-5,7,14-16H,1-2,6H2,(H2,17,18). The summed E-state index contributed by atoms with van der Waals surface area (Å²) in [7, 11) is 0. The zero-order valence-electron chi connectivity index (χ0n) is 9.96. The third-order valence-corrected chi connectivity index (χ3v) is 2.93. The van der Waals surface area contributed by atoms with Gasteiger partial charge in [-0.2, -0.15) is 0 Å². The summed E-state index contributed by atoms with van der Waals surface area (Å²) in [6.45, 7) is 0. The van der Waals surface area contributed by atoms with Gasteiger partial charge in [-0.15, -0.1) is 0 Å². The summed E-state index contributed by atoms with van der Waals surface area (Å²) in [4.78, 5) is 3.91. The molecular weight excluding hydrogens is 226 g/mol. The van der Waals surface area contributed by atoms with Crippen molar-refractivity contribution in [1.29, 1.82) is 16.2 Å². The second kappa shape index (κ2) is 4.91. The number of aromatic nitrogens is 1. The summed E-state index contributed by atoms with van der Waals surface area (Å²) in [5, 5.41) is 23.9. The molecule has 0 saturated carbocycles. The smallest absolute Gasteiger partial charge is 0.132 e. The minimum absolute atomic E-state index is 0.0264. The van der Waals surface area contributed by atoms with E-state index in [2.05, 4.69) is 4.98 Å². The lowest BCUT2D eigenvalue weighted by atomic mass is 9.90. The van der Waals surface area contributed by atoms with Gasteiger partial charge in [-0.25, -0.2) is 4.98 Å². The van der Waals surface area contributed by atoms with E-state index in [-0.39, 0.29) is 17.2 Å². The number of hydrogen-bond donors (Lipinski definition) is 4. The van der Waals surface area contributed by atoms with Gasteiger partial charge in [-0.1, -0.05) is 6.08 Å². The molecule has 5 N–H and O–H groups in total. The van der Waals surface area contributed by atoms with E-state index < -0.39 is 0 Å². The summed E-state index contributed by atoms with van der Waals surface area (Å²) < 4.78 is 0. The zero-order valence-corrected chi connectivity index (χ0v) is 9.96. The molecule has 1 aromatic heterocycles. The normalized spacial score (nSPS) is 15.1. The lowest BCUT2D eigenvalue weighted by Gasteiger charge is -2.16. The molecule has 0 atom stereocenters. The van der Waals surface area contributed by atoms with Gasteiger partial charge in [0.15, 0.2) is 0 Å². The lowest BCUT2D eigenvalue weighted by Crippen LogP contribution is -2.23. The number of anilines is 1. The van der Waals surface area contributed by atoms with E-state index in [1.807, 2.05) is 6.08 Å². The van der Waals surface area contributed by atoms with Crippen molar-refractivity contribution < 1.29 is 0 Å². The fourth-order valence-corrected chi connectivity index (χ4v) is 1.93. The average molecular weight is 241 g/mol. The van der Waals surface area contributed by atoms with Crippen LogP contribution in [0.1, 0.15) is 24.8 Å². The minimum Gasteiger partial charge on any atom is -0.383 e. The van der Waals surface area contributed by atoms with E-state index in [1.165, 1.54) is 0 Å². The molecule has 0 amide bonds. The topological polar surface area (TPSA) is 110 Å². The average Bonchev–Trinajstić information content (AvgIpc) is 2.38. The Morgan fingerprint density at radius 3 is 2.72 bits per heavy atom. The van der Waals surface area contributed by atoms with Crippen LogP contribution in [-0.4, -0.2) is 22.1 Å². The van der Waals surface area contributed by atoms with Crippen molar-refractivity contribution in [2.45, 2.75) is 19.3 Å². The third-order valence-electron chi connectivity index (χ3n) is 2.93.